The van der Waals surface area contributed by atoms with Crippen LogP contribution in [-0.2, 0) is 0 Å². The molecule has 0 fully saturated rings. The van der Waals surface area contributed by atoms with Crippen LogP contribution in [0, 0.1) is 10.9 Å². The number of nitrogens with zero attached hydrogens (tertiary/aromatic N) is 1. The lowest BCUT2D eigenvalue weighted by Crippen LogP contribution is -1.69. The Bertz CT molecular complexity index is 105. The van der Waals surface area contributed by atoms with Gasteiger partial charge in [-0.05, 0) is 12.5 Å². The molecule has 0 aliphatic heterocycles. The van der Waals surface area contributed by atoms with E-state index in [2.05, 4.69) is 5.11 Å². The van der Waals surface area contributed by atoms with Crippen LogP contribution >= 0.6 is 0 Å². The quantitative estimate of drug-likeness (QED) is 0.423. The third-order valence-corrected chi connectivity index (χ3v) is 0.496. The van der Waals surface area contributed by atoms with Crippen molar-refractivity contribution in [2.75, 3.05) is 0 Å². The fourth-order valence-electron chi connectivity index (χ4n) is 0.139. The van der Waals surface area contributed by atoms with Crippen molar-refractivity contribution in [3.63, 3.8) is 0 Å². The molecule has 52 valence electrons. The Kier molecular flexibility index (Phi) is 12.2. The van der Waals surface area contributed by atoms with Gasteiger partial charge in [-0.3, -0.25) is 0 Å². The molecular formula is C6H13N3. The molecule has 3 heteroatoms. The van der Waals surface area contributed by atoms with E-state index in [0.29, 0.717) is 5.57 Å². The molecule has 9 heavy (non-hydrogen) atoms. The summed E-state index contributed by atoms with van der Waals surface area (Å²) < 4.78 is 0. The van der Waals surface area contributed by atoms with Crippen LogP contribution in [0.15, 0.2) is 16.9 Å². The van der Waals surface area contributed by atoms with Gasteiger partial charge < -0.3 is 5.41 Å². The molecule has 0 unspecified atom stereocenters. The molecule has 0 aromatic heterocycles. The van der Waals surface area contributed by atoms with E-state index < -0.39 is 0 Å². The van der Waals surface area contributed by atoms with Crippen LogP contribution in [0.2, 0.25) is 0 Å². The van der Waals surface area contributed by atoms with Crippen molar-refractivity contribution in [1.29, 1.82) is 10.9 Å². The van der Waals surface area contributed by atoms with Gasteiger partial charge in [-0.1, -0.05) is 13.8 Å². The predicted molar refractivity (Wildman–Crippen MR) is 39.0 cm³/mol. The minimum atomic E-state index is 0.690. The maximum absolute atomic E-state index is 6.58. The van der Waals surface area contributed by atoms with Crippen LogP contribution in [0.3, 0.4) is 0 Å². The Hall–Kier alpha value is -0.990. The summed E-state index contributed by atoms with van der Waals surface area (Å²) in [5.41, 5.74) is 6.97. The summed E-state index contributed by atoms with van der Waals surface area (Å²) >= 11 is 0. The Morgan fingerprint density at radius 2 is 1.89 bits per heavy atom. The second-order valence-corrected chi connectivity index (χ2v) is 1.15. The van der Waals surface area contributed by atoms with Crippen molar-refractivity contribution in [3.05, 3.63) is 11.8 Å². The van der Waals surface area contributed by atoms with Crippen LogP contribution in [-0.4, -0.2) is 6.21 Å². The van der Waals surface area contributed by atoms with Gasteiger partial charge in [0.1, 0.15) is 0 Å². The highest BCUT2D eigenvalue weighted by Crippen LogP contribution is 1.83. The Morgan fingerprint density at radius 1 is 1.44 bits per heavy atom. The van der Waals surface area contributed by atoms with Gasteiger partial charge in [-0.15, -0.1) is 0 Å². The first-order valence-electron chi connectivity index (χ1n) is 2.85. The van der Waals surface area contributed by atoms with Gasteiger partial charge in [-0.25, -0.2) is 5.53 Å². The second kappa shape index (κ2) is 10.1. The molecular weight excluding hydrogens is 114 g/mol. The van der Waals surface area contributed by atoms with Crippen LogP contribution in [0.4, 0.5) is 0 Å². The summed E-state index contributed by atoms with van der Waals surface area (Å²) in [6.45, 7) is 5.71. The molecule has 0 aromatic carbocycles. The molecule has 3 nitrogen and oxygen atoms in total. The molecule has 0 saturated heterocycles. The highest BCUT2D eigenvalue weighted by Gasteiger charge is 1.72. The van der Waals surface area contributed by atoms with Crippen LogP contribution in [0.25, 0.3) is 0 Å². The van der Waals surface area contributed by atoms with E-state index in [1.54, 1.807) is 6.92 Å². The molecule has 0 aromatic rings. The Labute approximate surface area is 55.8 Å². The molecule has 0 heterocycles. The van der Waals surface area contributed by atoms with Gasteiger partial charge in [0.05, 0.1) is 6.20 Å². The van der Waals surface area contributed by atoms with E-state index in [1.807, 2.05) is 13.8 Å². The zero-order valence-corrected chi connectivity index (χ0v) is 6.10. The first-order valence-corrected chi connectivity index (χ1v) is 2.85. The maximum Gasteiger partial charge on any atom is 0.0533 e. The lowest BCUT2D eigenvalue weighted by Gasteiger charge is -1.76. The maximum atomic E-state index is 6.58. The second-order valence-electron chi connectivity index (χ2n) is 1.15. The van der Waals surface area contributed by atoms with Gasteiger partial charge in [-0.2, -0.15) is 5.11 Å². The first-order chi connectivity index (χ1) is 4.31. The number of hydrogen-bond acceptors (Lipinski definition) is 3. The first kappa shape index (κ1) is 10.9. The zero-order valence-electron chi connectivity index (χ0n) is 6.10. The summed E-state index contributed by atoms with van der Waals surface area (Å²) in [6, 6.07) is 0. The third kappa shape index (κ3) is 10.9. The van der Waals surface area contributed by atoms with Gasteiger partial charge >= 0.3 is 0 Å². The van der Waals surface area contributed by atoms with Crippen molar-refractivity contribution >= 4 is 6.21 Å². The fraction of sp³-hybridized carbons (Fsp3) is 0.500. The standard InChI is InChI=1S/C4H7N3.C2H6/c1-4(2-5)3-7-6;1-2/h2-3,5-6H,1H3;1-2H3/b4-3-,5-2?,7-6?;. The van der Waals surface area contributed by atoms with E-state index in [-0.39, 0.29) is 0 Å². The molecule has 2 N–H and O–H groups in total. The minimum Gasteiger partial charge on any atom is -0.308 e. The number of allylic oxidation sites excluding steroid dienone is 1. The Balaban J connectivity index is 0. The largest absolute Gasteiger partial charge is 0.308 e. The summed E-state index contributed by atoms with van der Waals surface area (Å²) in [6.07, 6.45) is 2.46. The summed E-state index contributed by atoms with van der Waals surface area (Å²) in [7, 11) is 0. The van der Waals surface area contributed by atoms with E-state index >= 15 is 0 Å². The lowest BCUT2D eigenvalue weighted by molar-refractivity contribution is 1.13. The van der Waals surface area contributed by atoms with Crippen molar-refractivity contribution in [2.45, 2.75) is 20.8 Å². The van der Waals surface area contributed by atoms with Crippen LogP contribution < -0.4 is 0 Å². The predicted octanol–water partition coefficient (Wildman–Crippen LogP) is 2.60. The molecule has 0 rings (SSSR count). The van der Waals surface area contributed by atoms with E-state index in [1.165, 1.54) is 6.20 Å². The van der Waals surface area contributed by atoms with E-state index in [0.717, 1.165) is 6.21 Å². The molecule has 0 atom stereocenters. The van der Waals surface area contributed by atoms with Gasteiger partial charge in [0.25, 0.3) is 0 Å². The fourth-order valence-corrected chi connectivity index (χ4v) is 0.139. The summed E-state index contributed by atoms with van der Waals surface area (Å²) in [5.74, 6) is 0. The van der Waals surface area contributed by atoms with Crippen molar-refractivity contribution in [2.24, 2.45) is 5.11 Å². The van der Waals surface area contributed by atoms with Crippen molar-refractivity contribution in [3.8, 4) is 0 Å². The third-order valence-electron chi connectivity index (χ3n) is 0.496. The average molecular weight is 127 g/mol. The highest BCUT2D eigenvalue weighted by atomic mass is 14.9. The summed E-state index contributed by atoms with van der Waals surface area (Å²) in [4.78, 5) is 0. The smallest absolute Gasteiger partial charge is 0.0533 e. The average Bonchev–Trinajstić information content (AvgIpc) is 1.93. The summed E-state index contributed by atoms with van der Waals surface area (Å²) in [5, 5.41) is 9.52. The van der Waals surface area contributed by atoms with E-state index in [9.17, 15) is 0 Å². The molecule has 0 aliphatic rings. The van der Waals surface area contributed by atoms with Crippen molar-refractivity contribution < 1.29 is 0 Å². The van der Waals surface area contributed by atoms with E-state index in [4.69, 9.17) is 10.9 Å². The zero-order chi connectivity index (χ0) is 7.70. The Morgan fingerprint density at radius 3 is 2.00 bits per heavy atom. The van der Waals surface area contributed by atoms with Gasteiger partial charge in [0.15, 0.2) is 0 Å². The lowest BCUT2D eigenvalue weighted by atomic mass is 10.4. The molecule has 0 saturated carbocycles. The molecule has 0 amide bonds. The van der Waals surface area contributed by atoms with Gasteiger partial charge in [0.2, 0.25) is 0 Å². The highest BCUT2D eigenvalue weighted by molar-refractivity contribution is 5.74. The molecule has 0 bridgehead atoms. The monoisotopic (exact) mass is 127 g/mol. The molecule has 0 spiro atoms. The SMILES string of the molecule is C/C(C=N)=C/N=N.CC. The van der Waals surface area contributed by atoms with Crippen LogP contribution in [0.1, 0.15) is 20.8 Å². The van der Waals surface area contributed by atoms with Crippen molar-refractivity contribution in [1.82, 2.24) is 0 Å². The van der Waals surface area contributed by atoms with Crippen LogP contribution in [0.5, 0.6) is 0 Å². The molecule has 0 aliphatic carbocycles. The van der Waals surface area contributed by atoms with Gasteiger partial charge in [0, 0.05) is 6.21 Å². The minimum absolute atomic E-state index is 0.690. The number of hydrogen-bond donors (Lipinski definition) is 2. The number of nitrogens with one attached hydrogen (secondary N) is 2. The number of rotatable bonds is 2. The topological polar surface area (TPSA) is 60.1 Å². The molecule has 0 radical (unpaired) electrons. The normalized spacial score (nSPS) is 9.00.